The summed E-state index contributed by atoms with van der Waals surface area (Å²) in [5.74, 6) is -0.819. The minimum Gasteiger partial charge on any atom is -0.508 e. The standard InChI is InChI=1S/C15H14ClFN2O2/c16-12-6-3-10(17)8-14(12)19-15(21)13(18)7-9-1-4-11(20)5-2-9/h1-6,8,13,20H,7,18H2,(H,19,21). The van der Waals surface area contributed by atoms with Gasteiger partial charge in [0, 0.05) is 0 Å². The maximum Gasteiger partial charge on any atom is 0.241 e. The van der Waals surface area contributed by atoms with Crippen LogP contribution in [0.2, 0.25) is 5.02 Å². The molecule has 0 radical (unpaired) electrons. The van der Waals surface area contributed by atoms with Crippen molar-refractivity contribution in [1.29, 1.82) is 0 Å². The van der Waals surface area contributed by atoms with Crippen LogP contribution >= 0.6 is 11.6 Å². The molecule has 1 unspecified atom stereocenters. The molecule has 1 atom stereocenters. The van der Waals surface area contributed by atoms with Gasteiger partial charge in [0.05, 0.1) is 16.8 Å². The summed E-state index contributed by atoms with van der Waals surface area (Å²) in [5.41, 5.74) is 6.80. The number of carbonyl (C=O) groups excluding carboxylic acids is 1. The summed E-state index contributed by atoms with van der Waals surface area (Å²) in [7, 11) is 0. The Morgan fingerprint density at radius 1 is 1.29 bits per heavy atom. The molecular formula is C15H14ClFN2O2. The molecule has 2 aromatic rings. The van der Waals surface area contributed by atoms with E-state index in [0.29, 0.717) is 6.42 Å². The zero-order valence-electron chi connectivity index (χ0n) is 11.0. The van der Waals surface area contributed by atoms with Gasteiger partial charge >= 0.3 is 0 Å². The number of hydrogen-bond donors (Lipinski definition) is 3. The molecule has 0 fully saturated rings. The van der Waals surface area contributed by atoms with Crippen molar-refractivity contribution >= 4 is 23.2 Å². The monoisotopic (exact) mass is 308 g/mol. The molecule has 0 saturated carbocycles. The average Bonchev–Trinajstić information content (AvgIpc) is 2.45. The normalized spacial score (nSPS) is 12.0. The van der Waals surface area contributed by atoms with Gasteiger partial charge in [0.25, 0.3) is 0 Å². The SMILES string of the molecule is NC(Cc1ccc(O)cc1)C(=O)Nc1cc(F)ccc1Cl. The highest BCUT2D eigenvalue weighted by atomic mass is 35.5. The molecule has 0 aliphatic rings. The number of phenolic OH excluding ortho intramolecular Hbond substituents is 1. The Morgan fingerprint density at radius 3 is 2.62 bits per heavy atom. The van der Waals surface area contributed by atoms with Crippen molar-refractivity contribution in [3.8, 4) is 5.75 Å². The Morgan fingerprint density at radius 2 is 1.95 bits per heavy atom. The second-order valence-electron chi connectivity index (χ2n) is 4.59. The summed E-state index contributed by atoms with van der Waals surface area (Å²) < 4.78 is 13.1. The van der Waals surface area contributed by atoms with Crippen LogP contribution in [0.1, 0.15) is 5.56 Å². The van der Waals surface area contributed by atoms with E-state index in [1.54, 1.807) is 12.1 Å². The Labute approximate surface area is 126 Å². The van der Waals surface area contributed by atoms with Crippen LogP contribution in [-0.4, -0.2) is 17.1 Å². The second kappa shape index (κ2) is 6.56. The van der Waals surface area contributed by atoms with Crippen LogP contribution in [0.15, 0.2) is 42.5 Å². The predicted octanol–water partition coefficient (Wildman–Crippen LogP) is 2.69. The average molecular weight is 309 g/mol. The van der Waals surface area contributed by atoms with Crippen molar-refractivity contribution in [2.24, 2.45) is 5.73 Å². The minimum atomic E-state index is -0.811. The first-order chi connectivity index (χ1) is 9.95. The van der Waals surface area contributed by atoms with Crippen molar-refractivity contribution in [2.45, 2.75) is 12.5 Å². The number of anilines is 1. The fourth-order valence-corrected chi connectivity index (χ4v) is 1.96. The number of aromatic hydroxyl groups is 1. The van der Waals surface area contributed by atoms with Crippen LogP contribution in [0.25, 0.3) is 0 Å². The number of rotatable bonds is 4. The molecule has 21 heavy (non-hydrogen) atoms. The summed E-state index contributed by atoms with van der Waals surface area (Å²) in [5, 5.41) is 11.9. The van der Waals surface area contributed by atoms with Crippen LogP contribution < -0.4 is 11.1 Å². The molecule has 1 amide bonds. The van der Waals surface area contributed by atoms with Crippen LogP contribution in [0.5, 0.6) is 5.75 Å². The van der Waals surface area contributed by atoms with Gasteiger partial charge in [-0.25, -0.2) is 4.39 Å². The molecule has 0 aliphatic heterocycles. The minimum absolute atomic E-state index is 0.142. The Balaban J connectivity index is 2.02. The molecule has 0 bridgehead atoms. The van der Waals surface area contributed by atoms with Gasteiger partial charge in [0.1, 0.15) is 11.6 Å². The quantitative estimate of drug-likeness (QED) is 0.813. The van der Waals surface area contributed by atoms with E-state index in [1.165, 1.54) is 24.3 Å². The van der Waals surface area contributed by atoms with Crippen LogP contribution in [0.4, 0.5) is 10.1 Å². The summed E-state index contributed by atoms with van der Waals surface area (Å²) in [6, 6.07) is 9.27. The van der Waals surface area contributed by atoms with E-state index >= 15 is 0 Å². The van der Waals surface area contributed by atoms with Gasteiger partial charge in [-0.3, -0.25) is 4.79 Å². The summed E-state index contributed by atoms with van der Waals surface area (Å²) in [4.78, 5) is 12.0. The lowest BCUT2D eigenvalue weighted by Crippen LogP contribution is -2.37. The molecule has 0 aliphatic carbocycles. The zero-order valence-corrected chi connectivity index (χ0v) is 11.8. The molecule has 0 spiro atoms. The number of halogens is 2. The smallest absolute Gasteiger partial charge is 0.241 e. The lowest BCUT2D eigenvalue weighted by Gasteiger charge is -2.13. The maximum atomic E-state index is 13.1. The molecule has 2 rings (SSSR count). The van der Waals surface area contributed by atoms with Crippen molar-refractivity contribution in [3.05, 3.63) is 58.9 Å². The van der Waals surface area contributed by atoms with Gasteiger partial charge in [-0.1, -0.05) is 23.7 Å². The molecule has 2 aromatic carbocycles. The van der Waals surface area contributed by atoms with Gasteiger partial charge in [-0.2, -0.15) is 0 Å². The Kier molecular flexibility index (Phi) is 4.77. The number of hydrogen-bond acceptors (Lipinski definition) is 3. The van der Waals surface area contributed by atoms with E-state index in [-0.39, 0.29) is 16.5 Å². The lowest BCUT2D eigenvalue weighted by atomic mass is 10.1. The summed E-state index contributed by atoms with van der Waals surface area (Å²) >= 11 is 5.87. The number of nitrogens with one attached hydrogen (secondary N) is 1. The van der Waals surface area contributed by atoms with Crippen molar-refractivity contribution in [3.63, 3.8) is 0 Å². The molecule has 4 nitrogen and oxygen atoms in total. The van der Waals surface area contributed by atoms with Crippen molar-refractivity contribution < 1.29 is 14.3 Å². The van der Waals surface area contributed by atoms with Gasteiger partial charge in [0.15, 0.2) is 0 Å². The maximum absolute atomic E-state index is 13.1. The van der Waals surface area contributed by atoms with Gasteiger partial charge in [-0.15, -0.1) is 0 Å². The third kappa shape index (κ3) is 4.18. The predicted molar refractivity (Wildman–Crippen MR) is 79.8 cm³/mol. The van der Waals surface area contributed by atoms with E-state index in [9.17, 15) is 14.3 Å². The molecule has 4 N–H and O–H groups in total. The van der Waals surface area contributed by atoms with Crippen LogP contribution in [0, 0.1) is 5.82 Å². The Hall–Kier alpha value is -2.11. The van der Waals surface area contributed by atoms with E-state index in [2.05, 4.69) is 5.32 Å². The highest BCUT2D eigenvalue weighted by Gasteiger charge is 2.16. The van der Waals surface area contributed by atoms with E-state index in [1.807, 2.05) is 0 Å². The number of carbonyl (C=O) groups is 1. The third-order valence-electron chi connectivity index (χ3n) is 2.92. The molecule has 0 heterocycles. The first kappa shape index (κ1) is 15.3. The lowest BCUT2D eigenvalue weighted by molar-refractivity contribution is -0.117. The fourth-order valence-electron chi connectivity index (χ4n) is 1.80. The number of phenols is 1. The Bertz CT molecular complexity index is 647. The number of benzene rings is 2. The van der Waals surface area contributed by atoms with E-state index in [0.717, 1.165) is 11.6 Å². The van der Waals surface area contributed by atoms with E-state index in [4.69, 9.17) is 17.3 Å². The third-order valence-corrected chi connectivity index (χ3v) is 3.24. The van der Waals surface area contributed by atoms with E-state index < -0.39 is 17.8 Å². The van der Waals surface area contributed by atoms with Crippen molar-refractivity contribution in [1.82, 2.24) is 0 Å². The summed E-state index contributed by atoms with van der Waals surface area (Å²) in [6.07, 6.45) is 0.291. The molecule has 6 heteroatoms. The fraction of sp³-hybridized carbons (Fsp3) is 0.133. The first-order valence-corrected chi connectivity index (χ1v) is 6.63. The van der Waals surface area contributed by atoms with Gasteiger partial charge < -0.3 is 16.2 Å². The molecule has 0 saturated heterocycles. The number of nitrogens with two attached hydrogens (primary N) is 1. The highest BCUT2D eigenvalue weighted by Crippen LogP contribution is 2.22. The molecule has 110 valence electrons. The first-order valence-electron chi connectivity index (χ1n) is 6.25. The zero-order chi connectivity index (χ0) is 15.4. The van der Waals surface area contributed by atoms with Gasteiger partial charge in [0.2, 0.25) is 5.91 Å². The number of amides is 1. The van der Waals surface area contributed by atoms with Crippen molar-refractivity contribution in [2.75, 3.05) is 5.32 Å². The van der Waals surface area contributed by atoms with Crippen LogP contribution in [-0.2, 0) is 11.2 Å². The highest BCUT2D eigenvalue weighted by molar-refractivity contribution is 6.33. The topological polar surface area (TPSA) is 75.3 Å². The molecule has 0 aromatic heterocycles. The second-order valence-corrected chi connectivity index (χ2v) is 5.00. The van der Waals surface area contributed by atoms with Gasteiger partial charge in [-0.05, 0) is 42.3 Å². The van der Waals surface area contributed by atoms with Crippen LogP contribution in [0.3, 0.4) is 0 Å². The molecular weight excluding hydrogens is 295 g/mol. The summed E-state index contributed by atoms with van der Waals surface area (Å²) in [6.45, 7) is 0. The largest absolute Gasteiger partial charge is 0.508 e.